The monoisotopic (exact) mass is 362 g/mol. The fourth-order valence-corrected chi connectivity index (χ4v) is 3.80. The Morgan fingerprint density at radius 2 is 2.11 bits per heavy atom. The van der Waals surface area contributed by atoms with Crippen molar-refractivity contribution in [2.75, 3.05) is 20.2 Å². The van der Waals surface area contributed by atoms with Crippen LogP contribution >= 0.6 is 0 Å². The number of nitrogens with zero attached hydrogens (tertiary/aromatic N) is 4. The van der Waals surface area contributed by atoms with Crippen molar-refractivity contribution in [1.29, 1.82) is 0 Å². The number of aromatic nitrogens is 5. The van der Waals surface area contributed by atoms with Gasteiger partial charge in [-0.3, -0.25) is 4.98 Å². The van der Waals surface area contributed by atoms with Gasteiger partial charge in [0.05, 0.1) is 23.8 Å². The van der Waals surface area contributed by atoms with Crippen molar-refractivity contribution in [3.05, 3.63) is 42.0 Å². The summed E-state index contributed by atoms with van der Waals surface area (Å²) < 4.78 is 7.29. The number of methoxy groups -OCH3 is 1. The normalized spacial score (nSPS) is 15.0. The van der Waals surface area contributed by atoms with Gasteiger partial charge in [-0.25, -0.2) is 9.50 Å². The van der Waals surface area contributed by atoms with Crippen LogP contribution in [-0.2, 0) is 0 Å². The van der Waals surface area contributed by atoms with E-state index in [1.54, 1.807) is 11.6 Å². The number of H-pyrrole nitrogens is 1. The summed E-state index contributed by atoms with van der Waals surface area (Å²) in [7, 11) is 1.66. The van der Waals surface area contributed by atoms with Crippen LogP contribution in [0.5, 0.6) is 5.75 Å². The van der Waals surface area contributed by atoms with Crippen LogP contribution in [-0.4, -0.2) is 44.8 Å². The van der Waals surface area contributed by atoms with Gasteiger partial charge in [0, 0.05) is 42.0 Å². The van der Waals surface area contributed by atoms with Gasteiger partial charge in [0.1, 0.15) is 6.33 Å². The van der Waals surface area contributed by atoms with Crippen LogP contribution in [0.4, 0.5) is 0 Å². The third kappa shape index (κ3) is 2.49. The van der Waals surface area contributed by atoms with E-state index in [2.05, 4.69) is 46.4 Å². The fraction of sp³-hybridized carbons (Fsp3) is 0.350. The van der Waals surface area contributed by atoms with Crippen LogP contribution in [0.15, 0.2) is 30.7 Å². The Kier molecular flexibility index (Phi) is 3.65. The highest BCUT2D eigenvalue weighted by atomic mass is 16.5. The SMILES string of the molecule is COc1cc(-c2[nH]c3ccc(C4CNC4)nc3c2C(C)C)cn2ncnc12. The Morgan fingerprint density at radius 3 is 2.81 bits per heavy atom. The van der Waals surface area contributed by atoms with Crippen molar-refractivity contribution in [3.63, 3.8) is 0 Å². The number of nitrogens with one attached hydrogen (secondary N) is 2. The van der Waals surface area contributed by atoms with Crippen molar-refractivity contribution in [2.45, 2.75) is 25.7 Å². The zero-order valence-electron chi connectivity index (χ0n) is 15.7. The smallest absolute Gasteiger partial charge is 0.197 e. The summed E-state index contributed by atoms with van der Waals surface area (Å²) in [5.41, 5.74) is 7.29. The molecule has 1 saturated heterocycles. The van der Waals surface area contributed by atoms with Crippen molar-refractivity contribution in [2.24, 2.45) is 0 Å². The summed E-state index contributed by atoms with van der Waals surface area (Å²) in [5.74, 6) is 1.54. The van der Waals surface area contributed by atoms with E-state index in [1.165, 1.54) is 11.9 Å². The minimum Gasteiger partial charge on any atom is -0.493 e. The lowest BCUT2D eigenvalue weighted by atomic mass is 9.96. The van der Waals surface area contributed by atoms with E-state index in [1.807, 2.05) is 12.3 Å². The number of hydrogen-bond acceptors (Lipinski definition) is 5. The molecule has 1 fully saturated rings. The molecule has 4 aromatic heterocycles. The van der Waals surface area contributed by atoms with E-state index in [-0.39, 0.29) is 0 Å². The third-order valence-corrected chi connectivity index (χ3v) is 5.33. The molecular formula is C20H22N6O. The molecular weight excluding hydrogens is 340 g/mol. The lowest BCUT2D eigenvalue weighted by Gasteiger charge is -2.26. The van der Waals surface area contributed by atoms with Crippen LogP contribution in [0.2, 0.25) is 0 Å². The highest BCUT2D eigenvalue weighted by Crippen LogP contribution is 2.37. The average molecular weight is 362 g/mol. The molecule has 0 amide bonds. The number of aromatic amines is 1. The summed E-state index contributed by atoms with van der Waals surface area (Å²) in [6.45, 7) is 6.42. The molecule has 2 N–H and O–H groups in total. The quantitative estimate of drug-likeness (QED) is 0.583. The molecule has 1 aliphatic rings. The molecule has 7 nitrogen and oxygen atoms in total. The second-order valence-corrected chi connectivity index (χ2v) is 7.38. The zero-order valence-corrected chi connectivity index (χ0v) is 15.7. The Bertz CT molecular complexity index is 1140. The first-order valence-electron chi connectivity index (χ1n) is 9.26. The molecule has 4 aromatic rings. The molecule has 0 bridgehead atoms. The van der Waals surface area contributed by atoms with E-state index in [9.17, 15) is 0 Å². The molecule has 1 aliphatic heterocycles. The highest BCUT2D eigenvalue weighted by molar-refractivity contribution is 5.89. The summed E-state index contributed by atoms with van der Waals surface area (Å²) >= 11 is 0. The molecule has 5 heterocycles. The van der Waals surface area contributed by atoms with Crippen molar-refractivity contribution >= 4 is 16.7 Å². The second kappa shape index (κ2) is 6.06. The lowest BCUT2D eigenvalue weighted by molar-refractivity contribution is 0.416. The standard InChI is InChI=1S/C20H22N6O/c1-11(2)17-18(12-6-16(27-3)20-22-10-23-26(20)9-12)25-15-5-4-14(24-19(15)17)13-7-21-8-13/h4-6,9-11,13,21,25H,7-8H2,1-3H3. The van der Waals surface area contributed by atoms with Crippen LogP contribution < -0.4 is 10.1 Å². The van der Waals surface area contributed by atoms with Crippen LogP contribution in [0.25, 0.3) is 27.9 Å². The molecule has 0 saturated carbocycles. The molecule has 0 aromatic carbocycles. The summed E-state index contributed by atoms with van der Waals surface area (Å²) in [4.78, 5) is 12.9. The highest BCUT2D eigenvalue weighted by Gasteiger charge is 2.23. The maximum atomic E-state index is 5.54. The largest absolute Gasteiger partial charge is 0.493 e. The van der Waals surface area contributed by atoms with Gasteiger partial charge in [-0.05, 0) is 24.1 Å². The van der Waals surface area contributed by atoms with Crippen LogP contribution in [0.1, 0.15) is 36.9 Å². The third-order valence-electron chi connectivity index (χ3n) is 5.33. The maximum Gasteiger partial charge on any atom is 0.197 e. The first kappa shape index (κ1) is 16.3. The van der Waals surface area contributed by atoms with E-state index in [0.29, 0.717) is 23.2 Å². The number of hydrogen-bond donors (Lipinski definition) is 2. The van der Waals surface area contributed by atoms with Crippen molar-refractivity contribution < 1.29 is 4.74 Å². The Labute approximate surface area is 156 Å². The molecule has 0 spiro atoms. The summed E-state index contributed by atoms with van der Waals surface area (Å²) in [5, 5.41) is 7.61. The lowest BCUT2D eigenvalue weighted by Crippen LogP contribution is -2.40. The molecule has 7 heteroatoms. The van der Waals surface area contributed by atoms with E-state index in [4.69, 9.17) is 9.72 Å². The first-order valence-corrected chi connectivity index (χ1v) is 9.26. The van der Waals surface area contributed by atoms with E-state index < -0.39 is 0 Å². The number of pyridine rings is 2. The van der Waals surface area contributed by atoms with Crippen molar-refractivity contribution in [1.82, 2.24) is 29.9 Å². The zero-order chi connectivity index (χ0) is 18.5. The molecule has 0 radical (unpaired) electrons. The van der Waals surface area contributed by atoms with Gasteiger partial charge < -0.3 is 15.0 Å². The predicted molar refractivity (Wildman–Crippen MR) is 104 cm³/mol. The number of ether oxygens (including phenoxy) is 1. The van der Waals surface area contributed by atoms with Gasteiger partial charge in [-0.15, -0.1) is 0 Å². The molecule has 0 atom stereocenters. The van der Waals surface area contributed by atoms with Gasteiger partial charge in [0.15, 0.2) is 11.4 Å². The summed E-state index contributed by atoms with van der Waals surface area (Å²) in [6, 6.07) is 6.30. The van der Waals surface area contributed by atoms with E-state index in [0.717, 1.165) is 41.1 Å². The molecule has 138 valence electrons. The average Bonchev–Trinajstić information content (AvgIpc) is 3.23. The van der Waals surface area contributed by atoms with Gasteiger partial charge >= 0.3 is 0 Å². The second-order valence-electron chi connectivity index (χ2n) is 7.38. The first-order chi connectivity index (χ1) is 13.2. The maximum absolute atomic E-state index is 5.54. The fourth-order valence-electron chi connectivity index (χ4n) is 3.80. The number of rotatable bonds is 4. The molecule has 5 rings (SSSR count). The van der Waals surface area contributed by atoms with Crippen molar-refractivity contribution in [3.8, 4) is 17.0 Å². The summed E-state index contributed by atoms with van der Waals surface area (Å²) in [6.07, 6.45) is 3.52. The minimum absolute atomic E-state index is 0.327. The van der Waals surface area contributed by atoms with Crippen LogP contribution in [0, 0.1) is 0 Å². The number of fused-ring (bicyclic) bond motifs is 2. The van der Waals surface area contributed by atoms with Gasteiger partial charge in [0.25, 0.3) is 0 Å². The van der Waals surface area contributed by atoms with Crippen LogP contribution in [0.3, 0.4) is 0 Å². The Balaban J connectivity index is 1.73. The van der Waals surface area contributed by atoms with Gasteiger partial charge in [-0.1, -0.05) is 13.8 Å². The van der Waals surface area contributed by atoms with Gasteiger partial charge in [-0.2, -0.15) is 5.10 Å². The predicted octanol–water partition coefficient (Wildman–Crippen LogP) is 3.09. The Morgan fingerprint density at radius 1 is 1.26 bits per heavy atom. The Hall–Kier alpha value is -2.93. The molecule has 0 aliphatic carbocycles. The molecule has 27 heavy (non-hydrogen) atoms. The topological polar surface area (TPSA) is 80.1 Å². The minimum atomic E-state index is 0.327. The van der Waals surface area contributed by atoms with Gasteiger partial charge in [0.2, 0.25) is 0 Å². The molecule has 0 unspecified atom stereocenters. The van der Waals surface area contributed by atoms with E-state index >= 15 is 0 Å².